The lowest BCUT2D eigenvalue weighted by Gasteiger charge is -2.42. The molecule has 0 atom stereocenters. The Morgan fingerprint density at radius 3 is 2.42 bits per heavy atom. The summed E-state index contributed by atoms with van der Waals surface area (Å²) in [6, 6.07) is 19.3. The highest BCUT2D eigenvalue weighted by Crippen LogP contribution is 2.56. The number of nitrogens with one attached hydrogen (secondary N) is 1. The molecule has 0 aliphatic carbocycles. The van der Waals surface area contributed by atoms with Crippen LogP contribution in [0.15, 0.2) is 60.7 Å². The van der Waals surface area contributed by atoms with E-state index in [1.54, 1.807) is 6.07 Å². The number of phenols is 1. The maximum absolute atomic E-state index is 11.2. The number of rotatable bonds is 5. The number of fused-ring (bicyclic) bond motifs is 2. The Morgan fingerprint density at radius 1 is 0.975 bits per heavy atom. The van der Waals surface area contributed by atoms with Crippen molar-refractivity contribution in [3.8, 4) is 16.3 Å². The molecule has 208 valence electrons. The average Bonchev–Trinajstić information content (AvgIpc) is 3.52. The van der Waals surface area contributed by atoms with Crippen molar-refractivity contribution in [1.29, 1.82) is 0 Å². The first kappa shape index (κ1) is 27.3. The van der Waals surface area contributed by atoms with Crippen LogP contribution in [-0.2, 0) is 5.41 Å². The van der Waals surface area contributed by atoms with Gasteiger partial charge in [-0.05, 0) is 67.7 Å². The lowest BCUT2D eigenvalue weighted by Crippen LogP contribution is -2.46. The lowest BCUT2D eigenvalue weighted by molar-refractivity contribution is 0.125. The molecule has 9 heteroatoms. The molecular weight excluding hydrogens is 561 g/mol. The van der Waals surface area contributed by atoms with Crippen molar-refractivity contribution in [2.75, 3.05) is 36.4 Å². The van der Waals surface area contributed by atoms with E-state index in [0.29, 0.717) is 10.2 Å². The standard InChI is InChI=1S/C31H33Cl2N5OS/c1-30(2,3)18-37-16-14-31(15-17-37)19-38(27-25(39)13-12-22(33)26(27)31)24-7-5-4-6-23(24)34-29-36-35-28(40-29)20-8-10-21(32)11-9-20/h4-13,39H,14-19H2,1-3H3,(H,34,36). The van der Waals surface area contributed by atoms with Crippen LogP contribution in [0.3, 0.4) is 0 Å². The van der Waals surface area contributed by atoms with Crippen LogP contribution < -0.4 is 10.2 Å². The lowest BCUT2D eigenvalue weighted by atomic mass is 9.74. The van der Waals surface area contributed by atoms with Gasteiger partial charge >= 0.3 is 0 Å². The number of aromatic nitrogens is 2. The summed E-state index contributed by atoms with van der Waals surface area (Å²) in [7, 11) is 0. The zero-order chi connectivity index (χ0) is 28.1. The molecule has 0 amide bonds. The van der Waals surface area contributed by atoms with Crippen molar-refractivity contribution in [3.05, 3.63) is 76.3 Å². The number of piperidine rings is 1. The number of para-hydroxylation sites is 2. The van der Waals surface area contributed by atoms with Gasteiger partial charge in [-0.2, -0.15) is 0 Å². The minimum atomic E-state index is -0.128. The van der Waals surface area contributed by atoms with Crippen molar-refractivity contribution in [1.82, 2.24) is 15.1 Å². The monoisotopic (exact) mass is 593 g/mol. The second-order valence-corrected chi connectivity index (χ2v) is 13.9. The Hall–Kier alpha value is -2.84. The third-order valence-electron chi connectivity index (χ3n) is 7.83. The summed E-state index contributed by atoms with van der Waals surface area (Å²) >= 11 is 14.4. The van der Waals surface area contributed by atoms with E-state index in [0.717, 1.165) is 77.2 Å². The number of halogens is 2. The number of hydrogen-bond acceptors (Lipinski definition) is 7. The van der Waals surface area contributed by atoms with Gasteiger partial charge in [-0.1, -0.05) is 79.6 Å². The third-order valence-corrected chi connectivity index (χ3v) is 9.29. The van der Waals surface area contributed by atoms with Gasteiger partial charge in [0.1, 0.15) is 10.8 Å². The van der Waals surface area contributed by atoms with Gasteiger partial charge in [-0.15, -0.1) is 10.2 Å². The molecule has 2 aliphatic heterocycles. The van der Waals surface area contributed by atoms with E-state index in [-0.39, 0.29) is 16.6 Å². The molecule has 2 N–H and O–H groups in total. The van der Waals surface area contributed by atoms with Gasteiger partial charge in [-0.25, -0.2) is 0 Å². The van der Waals surface area contributed by atoms with Crippen LogP contribution in [0.5, 0.6) is 5.75 Å². The zero-order valence-corrected chi connectivity index (χ0v) is 25.2. The van der Waals surface area contributed by atoms with Crippen molar-refractivity contribution in [2.24, 2.45) is 5.41 Å². The summed E-state index contributed by atoms with van der Waals surface area (Å²) in [4.78, 5) is 4.80. The highest BCUT2D eigenvalue weighted by molar-refractivity contribution is 7.18. The van der Waals surface area contributed by atoms with Crippen LogP contribution in [0.2, 0.25) is 10.0 Å². The maximum Gasteiger partial charge on any atom is 0.210 e. The maximum atomic E-state index is 11.2. The number of anilines is 4. The van der Waals surface area contributed by atoms with E-state index in [4.69, 9.17) is 23.2 Å². The van der Waals surface area contributed by atoms with Gasteiger partial charge < -0.3 is 20.2 Å². The number of aromatic hydroxyl groups is 1. The molecule has 4 aromatic rings. The number of phenolic OH excluding ortho intramolecular Hbond substituents is 1. The van der Waals surface area contributed by atoms with Gasteiger partial charge in [0.2, 0.25) is 5.13 Å². The third kappa shape index (κ3) is 5.28. The Kier molecular flexibility index (Phi) is 7.20. The van der Waals surface area contributed by atoms with Crippen LogP contribution in [0.25, 0.3) is 10.6 Å². The fourth-order valence-electron chi connectivity index (χ4n) is 6.13. The molecule has 2 aliphatic rings. The summed E-state index contributed by atoms with van der Waals surface area (Å²) in [5, 5.41) is 26.4. The molecule has 0 unspecified atom stereocenters. The quantitative estimate of drug-likeness (QED) is 0.242. The molecule has 6 nitrogen and oxygen atoms in total. The van der Waals surface area contributed by atoms with Crippen molar-refractivity contribution < 1.29 is 5.11 Å². The molecule has 1 aromatic heterocycles. The minimum absolute atomic E-state index is 0.128. The summed E-state index contributed by atoms with van der Waals surface area (Å²) in [5.74, 6) is 0.254. The number of likely N-dealkylation sites (tertiary alicyclic amines) is 1. The first-order valence-corrected chi connectivity index (χ1v) is 15.2. The first-order chi connectivity index (χ1) is 19.1. The van der Waals surface area contributed by atoms with E-state index in [2.05, 4.69) is 52.2 Å². The molecule has 1 fully saturated rings. The van der Waals surface area contributed by atoms with E-state index in [9.17, 15) is 5.11 Å². The van der Waals surface area contributed by atoms with Crippen molar-refractivity contribution in [3.63, 3.8) is 0 Å². The van der Waals surface area contributed by atoms with Gasteiger partial charge in [-0.3, -0.25) is 0 Å². The second kappa shape index (κ2) is 10.5. The SMILES string of the molecule is CC(C)(C)CN1CCC2(CC1)CN(c1ccccc1Nc1nnc(-c3ccc(Cl)cc3)s1)c1c(O)ccc(Cl)c12. The van der Waals surface area contributed by atoms with Gasteiger partial charge in [0, 0.05) is 39.7 Å². The zero-order valence-electron chi connectivity index (χ0n) is 22.9. The Labute approximate surface area is 249 Å². The summed E-state index contributed by atoms with van der Waals surface area (Å²) < 4.78 is 0. The predicted octanol–water partition coefficient (Wildman–Crippen LogP) is 8.49. The van der Waals surface area contributed by atoms with Crippen molar-refractivity contribution in [2.45, 2.75) is 39.0 Å². The molecule has 0 radical (unpaired) electrons. The minimum Gasteiger partial charge on any atom is -0.506 e. The number of benzene rings is 3. The molecule has 0 bridgehead atoms. The summed E-state index contributed by atoms with van der Waals surface area (Å²) in [6.07, 6.45) is 1.98. The van der Waals surface area contributed by atoms with Crippen LogP contribution >= 0.6 is 34.5 Å². The summed E-state index contributed by atoms with van der Waals surface area (Å²) in [6.45, 7) is 10.7. The number of hydrogen-bond donors (Lipinski definition) is 2. The summed E-state index contributed by atoms with van der Waals surface area (Å²) in [5.41, 5.74) is 4.84. The van der Waals surface area contributed by atoms with Gasteiger partial charge in [0.15, 0.2) is 0 Å². The second-order valence-electron chi connectivity index (χ2n) is 12.1. The molecule has 40 heavy (non-hydrogen) atoms. The molecule has 1 saturated heterocycles. The normalized spacial score (nSPS) is 16.9. The highest BCUT2D eigenvalue weighted by atomic mass is 35.5. The van der Waals surface area contributed by atoms with E-state index < -0.39 is 0 Å². The first-order valence-electron chi connectivity index (χ1n) is 13.6. The smallest absolute Gasteiger partial charge is 0.210 e. The van der Waals surface area contributed by atoms with Gasteiger partial charge in [0.25, 0.3) is 0 Å². The van der Waals surface area contributed by atoms with Crippen LogP contribution in [0.4, 0.5) is 22.2 Å². The Morgan fingerprint density at radius 2 is 1.70 bits per heavy atom. The Balaban J connectivity index is 1.32. The van der Waals surface area contributed by atoms with E-state index >= 15 is 0 Å². The van der Waals surface area contributed by atoms with E-state index in [1.165, 1.54) is 11.3 Å². The van der Waals surface area contributed by atoms with Gasteiger partial charge in [0.05, 0.1) is 17.1 Å². The fraction of sp³-hybridized carbons (Fsp3) is 0.355. The molecule has 1 spiro atoms. The largest absolute Gasteiger partial charge is 0.506 e. The predicted molar refractivity (Wildman–Crippen MR) is 167 cm³/mol. The fourth-order valence-corrected chi connectivity index (χ4v) is 7.37. The van der Waals surface area contributed by atoms with Crippen molar-refractivity contribution >= 4 is 56.7 Å². The Bertz CT molecular complexity index is 1520. The molecule has 0 saturated carbocycles. The highest BCUT2D eigenvalue weighted by Gasteiger charge is 2.48. The number of nitrogens with zero attached hydrogens (tertiary/aromatic N) is 4. The van der Waals surface area contributed by atoms with E-state index in [1.807, 2.05) is 48.5 Å². The molecule has 3 heterocycles. The molecule has 6 rings (SSSR count). The topological polar surface area (TPSA) is 64.5 Å². The average molecular weight is 595 g/mol. The molecule has 3 aromatic carbocycles. The van der Waals surface area contributed by atoms with Crippen LogP contribution in [0, 0.1) is 5.41 Å². The molecular formula is C31H33Cl2N5OS. The van der Waals surface area contributed by atoms with Crippen LogP contribution in [0.1, 0.15) is 39.2 Å². The van der Waals surface area contributed by atoms with Crippen LogP contribution in [-0.4, -0.2) is 46.4 Å².